The van der Waals surface area contributed by atoms with Crippen molar-refractivity contribution in [2.24, 2.45) is 0 Å². The third-order valence-corrected chi connectivity index (χ3v) is 4.56. The van der Waals surface area contributed by atoms with E-state index in [1.165, 1.54) is 0 Å². The van der Waals surface area contributed by atoms with Gasteiger partial charge in [0.1, 0.15) is 5.75 Å². The molecule has 0 aliphatic heterocycles. The van der Waals surface area contributed by atoms with Crippen LogP contribution in [0.15, 0.2) is 46.9 Å². The first-order valence-corrected chi connectivity index (χ1v) is 10.2. The van der Waals surface area contributed by atoms with Crippen LogP contribution in [0.2, 0.25) is 0 Å². The molecule has 158 valence electrons. The fraction of sp³-hybridized carbons (Fsp3) is 0.200. The number of benzene rings is 2. The first-order chi connectivity index (χ1) is 14.3. The van der Waals surface area contributed by atoms with Gasteiger partial charge in [0.15, 0.2) is 11.7 Å². The Bertz CT molecular complexity index is 950. The number of thiocarbonyl (C=S) groups is 1. The first kappa shape index (κ1) is 23.3. The van der Waals surface area contributed by atoms with Gasteiger partial charge in [-0.1, -0.05) is 13.0 Å². The van der Waals surface area contributed by atoms with Crippen LogP contribution in [-0.2, 0) is 9.59 Å². The van der Waals surface area contributed by atoms with Gasteiger partial charge in [0.05, 0.1) is 4.47 Å². The Morgan fingerprint density at radius 3 is 2.37 bits per heavy atom. The average Bonchev–Trinajstić information content (AvgIpc) is 2.71. The fourth-order valence-electron chi connectivity index (χ4n) is 2.20. The molecule has 0 bridgehead atoms. The maximum atomic E-state index is 12.1. The number of amides is 3. The maximum absolute atomic E-state index is 12.1. The van der Waals surface area contributed by atoms with Crippen LogP contribution in [0.1, 0.15) is 29.3 Å². The van der Waals surface area contributed by atoms with Crippen molar-refractivity contribution in [3.8, 4) is 5.75 Å². The smallest absolute Gasteiger partial charge is 0.269 e. The van der Waals surface area contributed by atoms with Gasteiger partial charge in [0.25, 0.3) is 11.8 Å². The largest absolute Gasteiger partial charge is 0.483 e. The monoisotopic (exact) mass is 492 g/mol. The van der Waals surface area contributed by atoms with E-state index < -0.39 is 11.8 Å². The molecular formula is C20H21BrN4O4S. The molecule has 0 spiro atoms. The van der Waals surface area contributed by atoms with Crippen LogP contribution < -0.4 is 26.2 Å². The molecule has 10 heteroatoms. The van der Waals surface area contributed by atoms with Crippen LogP contribution >= 0.6 is 28.1 Å². The zero-order valence-corrected chi connectivity index (χ0v) is 18.8. The van der Waals surface area contributed by atoms with Crippen molar-refractivity contribution >= 4 is 56.7 Å². The van der Waals surface area contributed by atoms with Gasteiger partial charge < -0.3 is 10.1 Å². The van der Waals surface area contributed by atoms with E-state index in [1.54, 1.807) is 37.3 Å². The summed E-state index contributed by atoms with van der Waals surface area (Å²) in [6, 6.07) is 11.8. The minimum Gasteiger partial charge on any atom is -0.483 e. The molecule has 2 aromatic rings. The normalized spacial score (nSPS) is 9.97. The van der Waals surface area contributed by atoms with E-state index in [0.29, 0.717) is 23.4 Å². The summed E-state index contributed by atoms with van der Waals surface area (Å²) in [5.41, 5.74) is 6.83. The number of hydrogen-bond acceptors (Lipinski definition) is 5. The third-order valence-electron chi connectivity index (χ3n) is 3.74. The molecule has 0 atom stereocenters. The van der Waals surface area contributed by atoms with Gasteiger partial charge in [0.2, 0.25) is 5.91 Å². The highest BCUT2D eigenvalue weighted by Crippen LogP contribution is 2.25. The van der Waals surface area contributed by atoms with E-state index in [1.807, 2.05) is 19.1 Å². The number of halogens is 1. The predicted octanol–water partition coefficient (Wildman–Crippen LogP) is 2.82. The number of nitrogens with one attached hydrogen (secondary N) is 4. The average molecular weight is 493 g/mol. The van der Waals surface area contributed by atoms with Crippen molar-refractivity contribution < 1.29 is 19.1 Å². The minimum atomic E-state index is -0.481. The zero-order valence-electron chi connectivity index (χ0n) is 16.4. The second-order valence-electron chi connectivity index (χ2n) is 6.16. The van der Waals surface area contributed by atoms with Crippen molar-refractivity contribution in [1.82, 2.24) is 16.2 Å². The molecule has 3 amide bonds. The highest BCUT2D eigenvalue weighted by atomic mass is 79.9. The van der Waals surface area contributed by atoms with Crippen molar-refractivity contribution in [3.05, 3.63) is 58.1 Å². The summed E-state index contributed by atoms with van der Waals surface area (Å²) in [7, 11) is 0. The summed E-state index contributed by atoms with van der Waals surface area (Å²) in [6.45, 7) is 3.44. The van der Waals surface area contributed by atoms with E-state index in [2.05, 4.69) is 37.4 Å². The van der Waals surface area contributed by atoms with Crippen LogP contribution in [0.25, 0.3) is 0 Å². The van der Waals surface area contributed by atoms with Crippen molar-refractivity contribution in [2.75, 3.05) is 11.9 Å². The summed E-state index contributed by atoms with van der Waals surface area (Å²) >= 11 is 8.35. The molecule has 0 saturated heterocycles. The summed E-state index contributed by atoms with van der Waals surface area (Å²) in [4.78, 5) is 35.4. The van der Waals surface area contributed by atoms with E-state index in [0.717, 1.165) is 10.0 Å². The van der Waals surface area contributed by atoms with Crippen LogP contribution in [0.5, 0.6) is 5.75 Å². The summed E-state index contributed by atoms with van der Waals surface area (Å²) < 4.78 is 6.17. The quantitative estimate of drug-likeness (QED) is 0.364. The number of aryl methyl sites for hydroxylation is 1. The second kappa shape index (κ2) is 11.3. The van der Waals surface area contributed by atoms with E-state index >= 15 is 0 Å². The highest BCUT2D eigenvalue weighted by molar-refractivity contribution is 9.10. The van der Waals surface area contributed by atoms with Gasteiger partial charge >= 0.3 is 0 Å². The van der Waals surface area contributed by atoms with Gasteiger partial charge in [-0.05, 0) is 77.0 Å². The highest BCUT2D eigenvalue weighted by Gasteiger charge is 2.10. The number of carbonyl (C=O) groups excluding carboxylic acids is 3. The Hall–Kier alpha value is -2.98. The Morgan fingerprint density at radius 1 is 1.03 bits per heavy atom. The van der Waals surface area contributed by atoms with Gasteiger partial charge in [-0.15, -0.1) is 0 Å². The Morgan fingerprint density at radius 2 is 1.73 bits per heavy atom. The van der Waals surface area contributed by atoms with Crippen molar-refractivity contribution in [3.63, 3.8) is 0 Å². The Kier molecular flexibility index (Phi) is 8.75. The summed E-state index contributed by atoms with van der Waals surface area (Å²) in [5, 5.41) is 5.02. The number of rotatable bonds is 6. The van der Waals surface area contributed by atoms with E-state index in [4.69, 9.17) is 17.0 Å². The zero-order chi connectivity index (χ0) is 22.1. The molecule has 30 heavy (non-hydrogen) atoms. The lowest BCUT2D eigenvalue weighted by molar-refractivity contribution is -0.121. The SMILES string of the molecule is CCC(=O)Nc1ccc(C(=O)NNC(=S)NC(=O)COc2ccc(C)cc2Br)cc1. The van der Waals surface area contributed by atoms with E-state index in [9.17, 15) is 14.4 Å². The molecule has 0 aromatic heterocycles. The van der Waals surface area contributed by atoms with Crippen LogP contribution in [0, 0.1) is 6.92 Å². The van der Waals surface area contributed by atoms with Crippen molar-refractivity contribution in [1.29, 1.82) is 0 Å². The number of anilines is 1. The molecule has 0 saturated carbocycles. The fourth-order valence-corrected chi connectivity index (χ4v) is 2.97. The molecule has 0 heterocycles. The van der Waals surface area contributed by atoms with Gasteiger partial charge in [0, 0.05) is 17.7 Å². The predicted molar refractivity (Wildman–Crippen MR) is 121 cm³/mol. The van der Waals surface area contributed by atoms with Crippen LogP contribution in [0.3, 0.4) is 0 Å². The molecule has 2 rings (SSSR count). The lowest BCUT2D eigenvalue weighted by Crippen LogP contribution is -2.49. The first-order valence-electron chi connectivity index (χ1n) is 8.97. The maximum Gasteiger partial charge on any atom is 0.269 e. The van der Waals surface area contributed by atoms with Gasteiger partial charge in [-0.2, -0.15) is 0 Å². The van der Waals surface area contributed by atoms with Gasteiger partial charge in [-0.25, -0.2) is 0 Å². The van der Waals surface area contributed by atoms with Crippen LogP contribution in [-0.4, -0.2) is 29.4 Å². The molecule has 4 N–H and O–H groups in total. The molecule has 0 fully saturated rings. The summed E-state index contributed by atoms with van der Waals surface area (Å²) in [6.07, 6.45) is 0.364. The lowest BCUT2D eigenvalue weighted by Gasteiger charge is -2.12. The van der Waals surface area contributed by atoms with Crippen LogP contribution in [0.4, 0.5) is 5.69 Å². The number of hydrazine groups is 1. The molecule has 0 aliphatic rings. The third kappa shape index (κ3) is 7.45. The molecule has 2 aromatic carbocycles. The molecular weight excluding hydrogens is 472 g/mol. The molecule has 0 unspecified atom stereocenters. The molecule has 0 radical (unpaired) electrons. The molecule has 0 aliphatic carbocycles. The second-order valence-corrected chi connectivity index (χ2v) is 7.42. The lowest BCUT2D eigenvalue weighted by atomic mass is 10.2. The minimum absolute atomic E-state index is 0.0771. The summed E-state index contributed by atoms with van der Waals surface area (Å²) in [5.74, 6) is -0.528. The number of hydrogen-bond donors (Lipinski definition) is 4. The Balaban J connectivity index is 1.75. The number of ether oxygens (including phenoxy) is 1. The van der Waals surface area contributed by atoms with Gasteiger partial charge in [-0.3, -0.25) is 30.6 Å². The van der Waals surface area contributed by atoms with E-state index in [-0.39, 0.29) is 17.6 Å². The Labute approximate surface area is 187 Å². The standard InChI is InChI=1S/C20H21BrN4O4S/c1-3-17(26)22-14-7-5-13(6-8-14)19(28)24-25-20(30)23-18(27)11-29-16-9-4-12(2)10-15(16)21/h4-10H,3,11H2,1-2H3,(H,22,26)(H,24,28)(H2,23,25,27,30). The molecule has 8 nitrogen and oxygen atoms in total. The topological polar surface area (TPSA) is 109 Å². The van der Waals surface area contributed by atoms with Crippen molar-refractivity contribution in [2.45, 2.75) is 20.3 Å². The number of carbonyl (C=O) groups is 3.